The first kappa shape index (κ1) is 13.1. The molecule has 1 aromatic carbocycles. The number of aromatic nitrogens is 1. The van der Waals surface area contributed by atoms with Gasteiger partial charge in [-0.05, 0) is 32.9 Å². The summed E-state index contributed by atoms with van der Waals surface area (Å²) in [6.45, 7) is 5.45. The number of aromatic hydroxyl groups is 1. The first-order chi connectivity index (χ1) is 8.99. The van der Waals surface area contributed by atoms with E-state index in [1.807, 2.05) is 6.92 Å². The standard InChI is InChI=1S/C14H15NO4/c1-8-4-5-13(16)11(6-8)14(17)18-7-12-9(2)15-19-10(12)3/h4-6,16H,7H2,1-3H3. The summed E-state index contributed by atoms with van der Waals surface area (Å²) in [4.78, 5) is 11.9. The third-order valence-corrected chi connectivity index (χ3v) is 2.90. The molecule has 2 aromatic rings. The fraction of sp³-hybridized carbons (Fsp3) is 0.286. The van der Waals surface area contributed by atoms with Crippen LogP contribution in [0.25, 0.3) is 0 Å². The minimum Gasteiger partial charge on any atom is -0.507 e. The van der Waals surface area contributed by atoms with Crippen LogP contribution in [-0.4, -0.2) is 16.2 Å². The van der Waals surface area contributed by atoms with Crippen LogP contribution >= 0.6 is 0 Å². The molecule has 0 atom stereocenters. The highest BCUT2D eigenvalue weighted by Crippen LogP contribution is 2.20. The van der Waals surface area contributed by atoms with E-state index in [1.165, 1.54) is 6.07 Å². The summed E-state index contributed by atoms with van der Waals surface area (Å²) >= 11 is 0. The van der Waals surface area contributed by atoms with Gasteiger partial charge >= 0.3 is 5.97 Å². The first-order valence-corrected chi connectivity index (χ1v) is 5.87. The zero-order valence-electron chi connectivity index (χ0n) is 11.1. The molecule has 2 rings (SSSR count). The molecule has 5 nitrogen and oxygen atoms in total. The van der Waals surface area contributed by atoms with Crippen molar-refractivity contribution in [2.75, 3.05) is 0 Å². The second-order valence-corrected chi connectivity index (χ2v) is 4.40. The third-order valence-electron chi connectivity index (χ3n) is 2.90. The minimum absolute atomic E-state index is 0.0768. The number of benzene rings is 1. The van der Waals surface area contributed by atoms with Crippen molar-refractivity contribution in [3.05, 3.63) is 46.3 Å². The van der Waals surface area contributed by atoms with E-state index in [4.69, 9.17) is 9.26 Å². The third kappa shape index (κ3) is 2.76. The second kappa shape index (κ2) is 5.14. The maximum Gasteiger partial charge on any atom is 0.342 e. The molecule has 0 bridgehead atoms. The highest BCUT2D eigenvalue weighted by Gasteiger charge is 2.15. The number of ether oxygens (including phenoxy) is 1. The van der Waals surface area contributed by atoms with Crippen molar-refractivity contribution in [2.24, 2.45) is 0 Å². The smallest absolute Gasteiger partial charge is 0.342 e. The fourth-order valence-electron chi connectivity index (χ4n) is 1.74. The number of carbonyl (C=O) groups excluding carboxylic acids is 1. The van der Waals surface area contributed by atoms with Gasteiger partial charge < -0.3 is 14.4 Å². The van der Waals surface area contributed by atoms with Gasteiger partial charge in [0.15, 0.2) is 0 Å². The van der Waals surface area contributed by atoms with Crippen LogP contribution in [0, 0.1) is 20.8 Å². The Hall–Kier alpha value is -2.30. The van der Waals surface area contributed by atoms with Gasteiger partial charge in [-0.25, -0.2) is 4.79 Å². The van der Waals surface area contributed by atoms with Crippen molar-refractivity contribution in [3.63, 3.8) is 0 Å². The van der Waals surface area contributed by atoms with E-state index < -0.39 is 5.97 Å². The van der Waals surface area contributed by atoms with Gasteiger partial charge in [-0.15, -0.1) is 0 Å². The van der Waals surface area contributed by atoms with E-state index in [0.717, 1.165) is 11.1 Å². The average Bonchev–Trinajstić information content (AvgIpc) is 2.69. The molecule has 0 spiro atoms. The van der Waals surface area contributed by atoms with E-state index in [1.54, 1.807) is 26.0 Å². The van der Waals surface area contributed by atoms with Crippen molar-refractivity contribution < 1.29 is 19.2 Å². The molecule has 0 unspecified atom stereocenters. The number of esters is 1. The van der Waals surface area contributed by atoms with E-state index in [0.29, 0.717) is 11.5 Å². The molecule has 1 aromatic heterocycles. The zero-order chi connectivity index (χ0) is 14.0. The largest absolute Gasteiger partial charge is 0.507 e. The van der Waals surface area contributed by atoms with E-state index in [2.05, 4.69) is 5.16 Å². The van der Waals surface area contributed by atoms with Crippen molar-refractivity contribution in [3.8, 4) is 5.75 Å². The van der Waals surface area contributed by atoms with E-state index in [9.17, 15) is 9.90 Å². The van der Waals surface area contributed by atoms with Crippen LogP contribution in [0.2, 0.25) is 0 Å². The molecule has 0 saturated carbocycles. The maximum absolute atomic E-state index is 11.9. The Morgan fingerprint density at radius 2 is 2.11 bits per heavy atom. The van der Waals surface area contributed by atoms with E-state index in [-0.39, 0.29) is 17.9 Å². The van der Waals surface area contributed by atoms with Crippen LogP contribution in [0.15, 0.2) is 22.7 Å². The lowest BCUT2D eigenvalue weighted by Gasteiger charge is -2.06. The van der Waals surface area contributed by atoms with Crippen LogP contribution < -0.4 is 0 Å². The van der Waals surface area contributed by atoms with Crippen LogP contribution in [0.4, 0.5) is 0 Å². The van der Waals surface area contributed by atoms with Gasteiger partial charge in [0.25, 0.3) is 0 Å². The van der Waals surface area contributed by atoms with Gasteiger partial charge in [0.1, 0.15) is 23.7 Å². The first-order valence-electron chi connectivity index (χ1n) is 5.87. The minimum atomic E-state index is -0.568. The number of aryl methyl sites for hydroxylation is 3. The Bertz CT molecular complexity index is 596. The molecular formula is C14H15NO4. The number of hydrogen-bond donors (Lipinski definition) is 1. The predicted molar refractivity (Wildman–Crippen MR) is 67.9 cm³/mol. The summed E-state index contributed by atoms with van der Waals surface area (Å²) in [6.07, 6.45) is 0. The van der Waals surface area contributed by atoms with Crippen LogP contribution in [0.1, 0.15) is 32.9 Å². The second-order valence-electron chi connectivity index (χ2n) is 4.40. The normalized spacial score (nSPS) is 10.5. The molecule has 100 valence electrons. The molecule has 1 N–H and O–H groups in total. The van der Waals surface area contributed by atoms with Gasteiger partial charge in [-0.3, -0.25) is 0 Å². The SMILES string of the molecule is Cc1ccc(O)c(C(=O)OCc2c(C)noc2C)c1. The van der Waals surface area contributed by atoms with Crippen LogP contribution in [0.5, 0.6) is 5.75 Å². The number of hydrogen-bond acceptors (Lipinski definition) is 5. The summed E-state index contributed by atoms with van der Waals surface area (Å²) in [5.41, 5.74) is 2.48. The average molecular weight is 261 g/mol. The molecule has 0 saturated heterocycles. The van der Waals surface area contributed by atoms with Gasteiger partial charge in [-0.2, -0.15) is 0 Å². The lowest BCUT2D eigenvalue weighted by molar-refractivity contribution is 0.0467. The number of phenolic OH excluding ortho intramolecular Hbond substituents is 1. The molecule has 0 aliphatic rings. The zero-order valence-corrected chi connectivity index (χ0v) is 11.1. The highest BCUT2D eigenvalue weighted by molar-refractivity contribution is 5.92. The van der Waals surface area contributed by atoms with E-state index >= 15 is 0 Å². The molecule has 0 aliphatic carbocycles. The van der Waals surface area contributed by atoms with Gasteiger partial charge in [0.2, 0.25) is 0 Å². The summed E-state index contributed by atoms with van der Waals surface area (Å²) < 4.78 is 10.2. The topological polar surface area (TPSA) is 72.6 Å². The van der Waals surface area contributed by atoms with Crippen molar-refractivity contribution >= 4 is 5.97 Å². The molecule has 5 heteroatoms. The Kier molecular flexibility index (Phi) is 3.55. The van der Waals surface area contributed by atoms with Crippen molar-refractivity contribution in [1.82, 2.24) is 5.16 Å². The monoisotopic (exact) mass is 261 g/mol. The number of carbonyl (C=O) groups is 1. The predicted octanol–water partition coefficient (Wildman–Crippen LogP) is 2.66. The van der Waals surface area contributed by atoms with Crippen LogP contribution in [0.3, 0.4) is 0 Å². The summed E-state index contributed by atoms with van der Waals surface area (Å²) in [7, 11) is 0. The van der Waals surface area contributed by atoms with Crippen molar-refractivity contribution in [1.29, 1.82) is 0 Å². The molecule has 1 heterocycles. The highest BCUT2D eigenvalue weighted by atomic mass is 16.5. The van der Waals surface area contributed by atoms with Gasteiger partial charge in [0.05, 0.1) is 11.3 Å². The Morgan fingerprint density at radius 3 is 2.74 bits per heavy atom. The molecule has 0 radical (unpaired) electrons. The number of nitrogens with zero attached hydrogens (tertiary/aromatic N) is 1. The Balaban J connectivity index is 2.12. The summed E-state index contributed by atoms with van der Waals surface area (Å²) in [6, 6.07) is 4.78. The maximum atomic E-state index is 11.9. The fourth-order valence-corrected chi connectivity index (χ4v) is 1.74. The van der Waals surface area contributed by atoms with Gasteiger partial charge in [0, 0.05) is 0 Å². The van der Waals surface area contributed by atoms with Gasteiger partial charge in [-0.1, -0.05) is 16.8 Å². The van der Waals surface area contributed by atoms with Crippen molar-refractivity contribution in [2.45, 2.75) is 27.4 Å². The summed E-state index contributed by atoms with van der Waals surface area (Å²) in [5.74, 6) is -0.0330. The molecule has 0 aliphatic heterocycles. The molecular weight excluding hydrogens is 246 g/mol. The Labute approximate surface area is 110 Å². The molecule has 0 amide bonds. The lowest BCUT2D eigenvalue weighted by Crippen LogP contribution is -2.06. The Morgan fingerprint density at radius 1 is 1.37 bits per heavy atom. The number of rotatable bonds is 3. The number of phenols is 1. The molecule has 0 fully saturated rings. The van der Waals surface area contributed by atoms with Crippen LogP contribution in [-0.2, 0) is 11.3 Å². The molecule has 19 heavy (non-hydrogen) atoms. The lowest BCUT2D eigenvalue weighted by atomic mass is 10.1. The summed E-state index contributed by atoms with van der Waals surface area (Å²) in [5, 5.41) is 13.4. The quantitative estimate of drug-likeness (QED) is 0.860.